The lowest BCUT2D eigenvalue weighted by Crippen LogP contribution is -2.66. The molecule has 1 N–H and O–H groups in total. The van der Waals surface area contributed by atoms with Crippen molar-refractivity contribution in [1.82, 2.24) is 0 Å². The van der Waals surface area contributed by atoms with Crippen LogP contribution in [0.2, 0.25) is 0 Å². The highest BCUT2D eigenvalue weighted by Gasteiger charge is 2.72. The van der Waals surface area contributed by atoms with Gasteiger partial charge >= 0.3 is 11.9 Å². The average Bonchev–Trinajstić information content (AvgIpc) is 2.90. The normalized spacial score (nSPS) is 47.1. The third-order valence-electron chi connectivity index (χ3n) is 13.0. The van der Waals surface area contributed by atoms with Crippen LogP contribution in [-0.2, 0) is 23.9 Å². The molecule has 5 aliphatic carbocycles. The highest BCUT2D eigenvalue weighted by molar-refractivity contribution is 5.96. The molecule has 9 atom stereocenters. The van der Waals surface area contributed by atoms with Crippen molar-refractivity contribution in [2.45, 2.75) is 92.6 Å². The Labute approximate surface area is 238 Å². The number of methoxy groups -OCH3 is 2. The fourth-order valence-electron chi connectivity index (χ4n) is 10.5. The fraction of sp³-hybridized carbons (Fsp3) is 0.758. The van der Waals surface area contributed by atoms with Crippen molar-refractivity contribution >= 4 is 17.7 Å². The van der Waals surface area contributed by atoms with Gasteiger partial charge in [0.25, 0.3) is 0 Å². The quantitative estimate of drug-likeness (QED) is 0.462. The number of aliphatic hydroxyl groups is 1. The van der Waals surface area contributed by atoms with E-state index in [1.165, 1.54) is 14.2 Å². The van der Waals surface area contributed by atoms with Gasteiger partial charge in [0.1, 0.15) is 6.10 Å². The van der Waals surface area contributed by atoms with Crippen molar-refractivity contribution in [3.05, 3.63) is 23.3 Å². The van der Waals surface area contributed by atoms with Gasteiger partial charge in [0.15, 0.2) is 5.78 Å². The Kier molecular flexibility index (Phi) is 6.37. The average molecular weight is 552 g/mol. The zero-order valence-corrected chi connectivity index (χ0v) is 25.3. The molecule has 0 bridgehead atoms. The first kappa shape index (κ1) is 29.0. The third kappa shape index (κ3) is 3.35. The maximum atomic E-state index is 14.5. The summed E-state index contributed by atoms with van der Waals surface area (Å²) in [4.78, 5) is 41.2. The number of hydrogen-bond acceptors (Lipinski definition) is 7. The standard InChI is InChI=1S/C33H45NO6/c1-28(2)11-13-33(27(38)40-8)14-12-31(5)24(20(33)17-28)21(35)15-23-29(3)16-19(18-34)25(36)32(6,26(37)39-7)22(29)9-10-30(23,31)4/h15-16,20,22,24-25,36H,9-14,17H2,1-8H3/t20?,22-,24?,25?,29+,30-,31-,32-,33+/m1/s1. The second-order valence-corrected chi connectivity index (χ2v) is 15.1. The Morgan fingerprint density at radius 2 is 1.60 bits per heavy atom. The largest absolute Gasteiger partial charge is 0.469 e. The highest BCUT2D eigenvalue weighted by Crippen LogP contribution is 2.75. The number of ketones is 1. The molecule has 40 heavy (non-hydrogen) atoms. The van der Waals surface area contributed by atoms with Crippen LogP contribution in [0.5, 0.6) is 0 Å². The summed E-state index contributed by atoms with van der Waals surface area (Å²) in [6, 6.07) is 2.14. The molecule has 0 spiro atoms. The van der Waals surface area contributed by atoms with Crippen molar-refractivity contribution in [2.75, 3.05) is 14.2 Å². The van der Waals surface area contributed by atoms with Crippen molar-refractivity contribution in [2.24, 2.45) is 50.2 Å². The number of esters is 2. The molecule has 3 saturated carbocycles. The first-order chi connectivity index (χ1) is 18.5. The van der Waals surface area contributed by atoms with Crippen LogP contribution in [0.25, 0.3) is 0 Å². The number of allylic oxidation sites excluding steroid dienone is 3. The minimum absolute atomic E-state index is 0.0154. The van der Waals surface area contributed by atoms with Gasteiger partial charge in [0.05, 0.1) is 36.7 Å². The van der Waals surface area contributed by atoms with E-state index in [2.05, 4.69) is 33.8 Å². The SMILES string of the molecule is COC(=O)[C@]12CCC(C)(C)CC1C1C(=O)C=C3[C@@]4(C)C=C(C#N)C(O)[C@](C)(C(=O)OC)[C@@H]4CC[C@@]3(C)[C@]1(C)CC2. The monoisotopic (exact) mass is 551 g/mol. The van der Waals surface area contributed by atoms with Gasteiger partial charge in [-0.1, -0.05) is 46.3 Å². The van der Waals surface area contributed by atoms with Crippen LogP contribution in [0.3, 0.4) is 0 Å². The molecule has 5 rings (SSSR count). The van der Waals surface area contributed by atoms with Crippen LogP contribution >= 0.6 is 0 Å². The van der Waals surface area contributed by atoms with E-state index in [9.17, 15) is 24.8 Å². The van der Waals surface area contributed by atoms with Gasteiger partial charge in [-0.3, -0.25) is 14.4 Å². The Morgan fingerprint density at radius 1 is 0.975 bits per heavy atom. The number of fused-ring (bicyclic) bond motifs is 7. The van der Waals surface area contributed by atoms with E-state index in [0.717, 1.165) is 37.7 Å². The van der Waals surface area contributed by atoms with Crippen LogP contribution in [-0.4, -0.2) is 43.2 Å². The van der Waals surface area contributed by atoms with Crippen LogP contribution in [0, 0.1) is 61.6 Å². The summed E-state index contributed by atoms with van der Waals surface area (Å²) in [7, 11) is 2.77. The summed E-state index contributed by atoms with van der Waals surface area (Å²) in [5.41, 5.74) is -2.51. The van der Waals surface area contributed by atoms with Crippen molar-refractivity contribution in [3.8, 4) is 6.07 Å². The van der Waals surface area contributed by atoms with Crippen LogP contribution in [0.4, 0.5) is 0 Å². The van der Waals surface area contributed by atoms with Gasteiger partial charge in [-0.25, -0.2) is 0 Å². The van der Waals surface area contributed by atoms with E-state index in [0.29, 0.717) is 12.8 Å². The van der Waals surface area contributed by atoms with Gasteiger partial charge in [0, 0.05) is 11.3 Å². The molecule has 0 aromatic heterocycles. The van der Waals surface area contributed by atoms with E-state index in [-0.39, 0.29) is 40.5 Å². The third-order valence-corrected chi connectivity index (χ3v) is 13.0. The number of nitriles is 1. The molecule has 5 aliphatic rings. The molecule has 218 valence electrons. The molecule has 0 aliphatic heterocycles. The van der Waals surface area contributed by atoms with Crippen LogP contribution < -0.4 is 0 Å². The Bertz CT molecular complexity index is 1270. The topological polar surface area (TPSA) is 114 Å². The van der Waals surface area contributed by atoms with Crippen molar-refractivity contribution in [3.63, 3.8) is 0 Å². The van der Waals surface area contributed by atoms with Crippen molar-refractivity contribution in [1.29, 1.82) is 5.26 Å². The second-order valence-electron chi connectivity index (χ2n) is 15.1. The molecule has 0 amide bonds. The molecule has 7 heteroatoms. The highest BCUT2D eigenvalue weighted by atomic mass is 16.5. The smallest absolute Gasteiger partial charge is 0.314 e. The summed E-state index contributed by atoms with van der Waals surface area (Å²) in [6.07, 6.45) is 7.55. The van der Waals surface area contributed by atoms with Crippen LogP contribution in [0.1, 0.15) is 86.5 Å². The summed E-state index contributed by atoms with van der Waals surface area (Å²) < 4.78 is 10.6. The number of rotatable bonds is 2. The minimum atomic E-state index is -1.33. The summed E-state index contributed by atoms with van der Waals surface area (Å²) in [5, 5.41) is 21.3. The maximum absolute atomic E-state index is 14.5. The minimum Gasteiger partial charge on any atom is -0.469 e. The maximum Gasteiger partial charge on any atom is 0.314 e. The number of nitrogens with zero attached hydrogens (tertiary/aromatic N) is 1. The predicted octanol–water partition coefficient (Wildman–Crippen LogP) is 5.32. The molecule has 0 saturated heterocycles. The number of hydrogen-bond donors (Lipinski definition) is 1. The van der Waals surface area contributed by atoms with E-state index >= 15 is 0 Å². The van der Waals surface area contributed by atoms with E-state index < -0.39 is 39.1 Å². The zero-order valence-electron chi connectivity index (χ0n) is 25.3. The molecule has 0 aromatic carbocycles. The van der Waals surface area contributed by atoms with Gasteiger partial charge < -0.3 is 14.6 Å². The molecule has 0 radical (unpaired) electrons. The Morgan fingerprint density at radius 3 is 2.20 bits per heavy atom. The lowest BCUT2D eigenvalue weighted by atomic mass is 9.34. The molecular weight excluding hydrogens is 506 g/mol. The first-order valence-electron chi connectivity index (χ1n) is 14.8. The van der Waals surface area contributed by atoms with E-state index in [1.807, 2.05) is 13.0 Å². The molecule has 7 nitrogen and oxygen atoms in total. The lowest BCUT2D eigenvalue weighted by Gasteiger charge is -2.69. The van der Waals surface area contributed by atoms with E-state index in [1.54, 1.807) is 13.0 Å². The molecule has 3 fully saturated rings. The Hall–Kier alpha value is -2.46. The van der Waals surface area contributed by atoms with Gasteiger partial charge in [-0.05, 0) is 86.0 Å². The second kappa shape index (κ2) is 8.77. The molecule has 3 unspecified atom stereocenters. The molecular formula is C33H45NO6. The summed E-state index contributed by atoms with van der Waals surface area (Å²) in [6.45, 7) is 12.7. The lowest BCUT2D eigenvalue weighted by molar-refractivity contribution is -0.193. The summed E-state index contributed by atoms with van der Waals surface area (Å²) in [5.74, 6) is -1.49. The van der Waals surface area contributed by atoms with Crippen molar-refractivity contribution < 1.29 is 29.0 Å². The zero-order chi connectivity index (χ0) is 29.7. The molecule has 0 heterocycles. The fourth-order valence-corrected chi connectivity index (χ4v) is 10.5. The van der Waals surface area contributed by atoms with E-state index in [4.69, 9.17) is 9.47 Å². The molecule has 0 aromatic rings. The van der Waals surface area contributed by atoms with Gasteiger partial charge in [-0.15, -0.1) is 0 Å². The summed E-state index contributed by atoms with van der Waals surface area (Å²) >= 11 is 0. The Balaban J connectivity index is 1.71. The van der Waals surface area contributed by atoms with Crippen LogP contribution in [0.15, 0.2) is 23.3 Å². The number of carbonyl (C=O) groups is 3. The predicted molar refractivity (Wildman–Crippen MR) is 148 cm³/mol. The number of carbonyl (C=O) groups excluding carboxylic acids is 3. The first-order valence-corrected chi connectivity index (χ1v) is 14.8. The number of ether oxygens (including phenoxy) is 2. The number of aliphatic hydroxyl groups excluding tert-OH is 1. The van der Waals surface area contributed by atoms with Gasteiger partial charge in [-0.2, -0.15) is 5.26 Å². The van der Waals surface area contributed by atoms with Gasteiger partial charge in [0.2, 0.25) is 0 Å².